The Bertz CT molecular complexity index is 402. The van der Waals surface area contributed by atoms with Gasteiger partial charge in [0, 0.05) is 17.0 Å². The van der Waals surface area contributed by atoms with Crippen LogP contribution in [-0.4, -0.2) is 18.3 Å². The van der Waals surface area contributed by atoms with E-state index in [2.05, 4.69) is 0 Å². The predicted molar refractivity (Wildman–Crippen MR) is 59.9 cm³/mol. The van der Waals surface area contributed by atoms with Crippen molar-refractivity contribution in [2.75, 3.05) is 13.2 Å². The van der Waals surface area contributed by atoms with Gasteiger partial charge in [0.2, 0.25) is 0 Å². The molecule has 0 saturated heterocycles. The summed E-state index contributed by atoms with van der Waals surface area (Å²) in [7, 11) is 0. The zero-order valence-corrected chi connectivity index (χ0v) is 9.94. The monoisotopic (exact) mass is 267 g/mol. The van der Waals surface area contributed by atoms with Crippen molar-refractivity contribution in [2.45, 2.75) is 18.5 Å². The van der Waals surface area contributed by atoms with E-state index in [1.54, 1.807) is 0 Å². The highest BCUT2D eigenvalue weighted by atomic mass is 35.5. The molecule has 0 aliphatic rings. The van der Waals surface area contributed by atoms with E-state index in [0.717, 1.165) is 6.07 Å². The van der Waals surface area contributed by atoms with Crippen LogP contribution < -0.4 is 5.73 Å². The van der Waals surface area contributed by atoms with E-state index in [1.807, 2.05) is 0 Å². The lowest BCUT2D eigenvalue weighted by molar-refractivity contribution is -0.138. The second kappa shape index (κ2) is 4.84. The maximum Gasteiger partial charge on any atom is 0.416 e. The summed E-state index contributed by atoms with van der Waals surface area (Å²) in [6.07, 6.45) is -4.52. The van der Waals surface area contributed by atoms with Gasteiger partial charge in [0.1, 0.15) is 0 Å². The van der Waals surface area contributed by atoms with E-state index in [1.165, 1.54) is 19.1 Å². The van der Waals surface area contributed by atoms with Crippen molar-refractivity contribution in [3.63, 3.8) is 0 Å². The molecule has 0 fully saturated rings. The third kappa shape index (κ3) is 2.91. The van der Waals surface area contributed by atoms with Gasteiger partial charge in [-0.25, -0.2) is 0 Å². The molecule has 2 nitrogen and oxygen atoms in total. The molecule has 0 aliphatic carbocycles. The number of rotatable bonds is 3. The van der Waals surface area contributed by atoms with E-state index >= 15 is 0 Å². The number of hydrogen-bond donors (Lipinski definition) is 2. The van der Waals surface area contributed by atoms with Crippen LogP contribution in [0.2, 0.25) is 5.02 Å². The van der Waals surface area contributed by atoms with Crippen molar-refractivity contribution >= 4 is 11.6 Å². The van der Waals surface area contributed by atoms with Gasteiger partial charge in [-0.2, -0.15) is 13.2 Å². The third-order valence-electron chi connectivity index (χ3n) is 2.74. The minimum Gasteiger partial charge on any atom is -0.395 e. The zero-order valence-electron chi connectivity index (χ0n) is 9.18. The van der Waals surface area contributed by atoms with Crippen molar-refractivity contribution in [1.29, 1.82) is 0 Å². The van der Waals surface area contributed by atoms with Gasteiger partial charge in [-0.15, -0.1) is 0 Å². The summed E-state index contributed by atoms with van der Waals surface area (Å²) in [5, 5.41) is 9.22. The Morgan fingerprint density at radius 1 is 1.29 bits per heavy atom. The number of nitrogens with two attached hydrogens (primary N) is 1. The van der Waals surface area contributed by atoms with Crippen molar-refractivity contribution in [3.8, 4) is 0 Å². The summed E-state index contributed by atoms with van der Waals surface area (Å²) >= 11 is 5.57. The average molecular weight is 268 g/mol. The lowest BCUT2D eigenvalue weighted by Gasteiger charge is -2.29. The maximum absolute atomic E-state index is 12.9. The highest BCUT2D eigenvalue weighted by molar-refractivity contribution is 6.30. The van der Waals surface area contributed by atoms with Gasteiger partial charge in [-0.3, -0.25) is 0 Å². The summed E-state index contributed by atoms with van der Waals surface area (Å²) in [5.74, 6) is 0. The quantitative estimate of drug-likeness (QED) is 0.884. The SMILES string of the molecule is CC(CN)(CO)c1ccc(Cl)cc1C(F)(F)F. The molecule has 3 N–H and O–H groups in total. The van der Waals surface area contributed by atoms with Crippen molar-refractivity contribution in [1.82, 2.24) is 0 Å². The molecular formula is C11H13ClF3NO. The molecule has 0 heterocycles. The Morgan fingerprint density at radius 3 is 2.29 bits per heavy atom. The lowest BCUT2D eigenvalue weighted by Crippen LogP contribution is -2.37. The van der Waals surface area contributed by atoms with Crippen LogP contribution in [0, 0.1) is 0 Å². The summed E-state index contributed by atoms with van der Waals surface area (Å²) in [6, 6.07) is 3.46. The Kier molecular flexibility index (Phi) is 4.06. The van der Waals surface area contributed by atoms with Gasteiger partial charge in [0.25, 0.3) is 0 Å². The minimum absolute atomic E-state index is 0.00149. The highest BCUT2D eigenvalue weighted by Crippen LogP contribution is 2.38. The molecular weight excluding hydrogens is 255 g/mol. The van der Waals surface area contributed by atoms with Crippen LogP contribution in [-0.2, 0) is 11.6 Å². The number of aliphatic hydroxyl groups is 1. The van der Waals surface area contributed by atoms with E-state index in [9.17, 15) is 18.3 Å². The summed E-state index contributed by atoms with van der Waals surface area (Å²) in [4.78, 5) is 0. The van der Waals surface area contributed by atoms with Gasteiger partial charge >= 0.3 is 6.18 Å². The first kappa shape index (κ1) is 14.3. The van der Waals surface area contributed by atoms with E-state index in [-0.39, 0.29) is 17.1 Å². The molecule has 0 aliphatic heterocycles. The van der Waals surface area contributed by atoms with E-state index in [4.69, 9.17) is 17.3 Å². The Balaban J connectivity index is 3.43. The molecule has 17 heavy (non-hydrogen) atoms. The summed E-state index contributed by atoms with van der Waals surface area (Å²) in [6.45, 7) is 0.925. The zero-order chi connectivity index (χ0) is 13.3. The Labute approximate surface area is 102 Å². The highest BCUT2D eigenvalue weighted by Gasteiger charge is 2.38. The number of benzene rings is 1. The van der Waals surface area contributed by atoms with Gasteiger partial charge in [0.15, 0.2) is 0 Å². The van der Waals surface area contributed by atoms with E-state index in [0.29, 0.717) is 0 Å². The fourth-order valence-corrected chi connectivity index (χ4v) is 1.71. The smallest absolute Gasteiger partial charge is 0.395 e. The standard InChI is InChI=1S/C11H13ClF3NO/c1-10(5-16,6-17)8-3-2-7(12)4-9(8)11(13,14)15/h2-4,17H,5-6,16H2,1H3. The molecule has 0 amide bonds. The topological polar surface area (TPSA) is 46.2 Å². The van der Waals surface area contributed by atoms with Gasteiger partial charge in [0.05, 0.1) is 12.2 Å². The second-order valence-electron chi connectivity index (χ2n) is 4.11. The third-order valence-corrected chi connectivity index (χ3v) is 2.97. The first-order chi connectivity index (χ1) is 7.74. The normalized spacial score (nSPS) is 15.7. The molecule has 1 aromatic rings. The molecule has 1 rings (SSSR count). The minimum atomic E-state index is -4.52. The van der Waals surface area contributed by atoms with Crippen LogP contribution in [0.1, 0.15) is 18.1 Å². The molecule has 6 heteroatoms. The molecule has 0 bridgehead atoms. The molecule has 1 unspecified atom stereocenters. The number of alkyl halides is 3. The molecule has 96 valence electrons. The number of hydrogen-bond acceptors (Lipinski definition) is 2. The van der Waals surface area contributed by atoms with Crippen LogP contribution in [0.5, 0.6) is 0 Å². The summed E-state index contributed by atoms with van der Waals surface area (Å²) in [5.41, 5.74) is 3.41. The van der Waals surface area contributed by atoms with Crippen molar-refractivity contribution in [3.05, 3.63) is 34.3 Å². The van der Waals surface area contributed by atoms with Crippen LogP contribution in [0.15, 0.2) is 18.2 Å². The van der Waals surface area contributed by atoms with Gasteiger partial charge < -0.3 is 10.8 Å². The Morgan fingerprint density at radius 2 is 1.88 bits per heavy atom. The van der Waals surface area contributed by atoms with Crippen LogP contribution in [0.4, 0.5) is 13.2 Å². The number of halogens is 4. The van der Waals surface area contributed by atoms with Crippen LogP contribution in [0.3, 0.4) is 0 Å². The van der Waals surface area contributed by atoms with Crippen LogP contribution >= 0.6 is 11.6 Å². The molecule has 0 saturated carbocycles. The molecule has 1 atom stereocenters. The Hall–Kier alpha value is -0.780. The van der Waals surface area contributed by atoms with Crippen molar-refractivity contribution < 1.29 is 18.3 Å². The van der Waals surface area contributed by atoms with Gasteiger partial charge in [-0.05, 0) is 17.7 Å². The summed E-state index contributed by atoms with van der Waals surface area (Å²) < 4.78 is 38.6. The number of aliphatic hydroxyl groups excluding tert-OH is 1. The molecule has 1 aromatic carbocycles. The largest absolute Gasteiger partial charge is 0.416 e. The average Bonchev–Trinajstić information content (AvgIpc) is 2.27. The molecule has 0 radical (unpaired) electrons. The first-order valence-electron chi connectivity index (χ1n) is 4.93. The molecule has 0 aromatic heterocycles. The fraction of sp³-hybridized carbons (Fsp3) is 0.455. The maximum atomic E-state index is 12.9. The van der Waals surface area contributed by atoms with Crippen molar-refractivity contribution in [2.24, 2.45) is 5.73 Å². The van der Waals surface area contributed by atoms with Gasteiger partial charge in [-0.1, -0.05) is 24.6 Å². The molecule has 0 spiro atoms. The second-order valence-corrected chi connectivity index (χ2v) is 4.55. The lowest BCUT2D eigenvalue weighted by atomic mass is 9.80. The first-order valence-corrected chi connectivity index (χ1v) is 5.30. The van der Waals surface area contributed by atoms with Crippen LogP contribution in [0.25, 0.3) is 0 Å². The van der Waals surface area contributed by atoms with E-state index < -0.39 is 23.8 Å². The predicted octanol–water partition coefficient (Wildman–Crippen LogP) is 2.57. The fourth-order valence-electron chi connectivity index (χ4n) is 1.54.